The van der Waals surface area contributed by atoms with Gasteiger partial charge in [-0.15, -0.1) is 0 Å². The summed E-state index contributed by atoms with van der Waals surface area (Å²) in [7, 11) is 4.20. The van der Waals surface area contributed by atoms with Gasteiger partial charge in [-0.2, -0.15) is 11.8 Å². The van der Waals surface area contributed by atoms with Crippen molar-refractivity contribution in [3.8, 4) is 0 Å². The predicted molar refractivity (Wildman–Crippen MR) is 88.6 cm³/mol. The maximum Gasteiger partial charge on any atom is 0.168 e. The van der Waals surface area contributed by atoms with E-state index in [9.17, 15) is 0 Å². The summed E-state index contributed by atoms with van der Waals surface area (Å²) in [5.41, 5.74) is 0. The van der Waals surface area contributed by atoms with E-state index in [4.69, 9.17) is 12.2 Å². The van der Waals surface area contributed by atoms with E-state index in [2.05, 4.69) is 49.3 Å². The van der Waals surface area contributed by atoms with E-state index in [0.717, 1.165) is 31.3 Å². The molecule has 0 rings (SSSR count). The van der Waals surface area contributed by atoms with Crippen LogP contribution in [0.2, 0.25) is 0 Å². The highest BCUT2D eigenvalue weighted by molar-refractivity contribution is 7.98. The van der Waals surface area contributed by atoms with Gasteiger partial charge < -0.3 is 15.1 Å². The smallest absolute Gasteiger partial charge is 0.168 e. The molecule has 18 heavy (non-hydrogen) atoms. The molecule has 5 heteroatoms. The fourth-order valence-corrected chi connectivity index (χ4v) is 2.26. The lowest BCUT2D eigenvalue weighted by molar-refractivity contribution is 0.305. The average Bonchev–Trinajstić information content (AvgIpc) is 2.29. The van der Waals surface area contributed by atoms with Gasteiger partial charge in [0, 0.05) is 26.2 Å². The molecule has 0 aliphatic rings. The van der Waals surface area contributed by atoms with Gasteiger partial charge in [0.25, 0.3) is 0 Å². The van der Waals surface area contributed by atoms with Crippen LogP contribution >= 0.6 is 24.0 Å². The molecular weight excluding hydrogens is 262 g/mol. The van der Waals surface area contributed by atoms with Crippen LogP contribution in [0.1, 0.15) is 20.3 Å². The zero-order valence-electron chi connectivity index (χ0n) is 12.5. The quantitative estimate of drug-likeness (QED) is 0.517. The van der Waals surface area contributed by atoms with Crippen LogP contribution in [-0.2, 0) is 0 Å². The molecule has 0 radical (unpaired) electrons. The van der Waals surface area contributed by atoms with Gasteiger partial charge in [0.15, 0.2) is 5.11 Å². The molecule has 0 saturated carbocycles. The van der Waals surface area contributed by atoms with Gasteiger partial charge in [0.05, 0.1) is 0 Å². The molecule has 3 nitrogen and oxygen atoms in total. The lowest BCUT2D eigenvalue weighted by Gasteiger charge is -2.28. The van der Waals surface area contributed by atoms with Crippen molar-refractivity contribution in [2.75, 3.05) is 52.3 Å². The Balaban J connectivity index is 4.05. The van der Waals surface area contributed by atoms with Crippen molar-refractivity contribution >= 4 is 29.1 Å². The van der Waals surface area contributed by atoms with Crippen LogP contribution in [0.3, 0.4) is 0 Å². The summed E-state index contributed by atoms with van der Waals surface area (Å²) in [5.74, 6) is 1.83. The Hall–Kier alpha value is -0.0000000000000000486. The summed E-state index contributed by atoms with van der Waals surface area (Å²) in [6.45, 7) is 8.52. The molecule has 0 amide bonds. The number of thiocarbonyl (C=S) groups is 1. The molecule has 0 fully saturated rings. The van der Waals surface area contributed by atoms with Crippen molar-refractivity contribution in [2.45, 2.75) is 20.3 Å². The summed E-state index contributed by atoms with van der Waals surface area (Å²) in [6.07, 6.45) is 3.31. The molecule has 0 aromatic carbocycles. The van der Waals surface area contributed by atoms with Crippen LogP contribution in [-0.4, -0.2) is 67.2 Å². The zero-order valence-corrected chi connectivity index (χ0v) is 14.2. The summed E-state index contributed by atoms with van der Waals surface area (Å²) in [5, 5.41) is 4.28. The lowest BCUT2D eigenvalue weighted by atomic mass is 10.2. The van der Waals surface area contributed by atoms with Gasteiger partial charge in [-0.25, -0.2) is 0 Å². The summed E-state index contributed by atoms with van der Waals surface area (Å²) in [6, 6.07) is 0. The monoisotopic (exact) mass is 291 g/mol. The first-order valence-electron chi connectivity index (χ1n) is 6.63. The number of nitrogens with zero attached hydrogens (tertiary/aromatic N) is 2. The summed E-state index contributed by atoms with van der Waals surface area (Å²) in [4.78, 5) is 4.49. The standard InChI is InChI=1S/C13H29N3S2/c1-12(2)11-16(9-8-15(3)4)13(17)14-7-6-10-18-5/h12H,6-11H2,1-5H3,(H,14,17). The largest absolute Gasteiger partial charge is 0.363 e. The Morgan fingerprint density at radius 3 is 2.44 bits per heavy atom. The first-order chi connectivity index (χ1) is 8.47. The molecular formula is C13H29N3S2. The Morgan fingerprint density at radius 2 is 1.94 bits per heavy atom. The van der Waals surface area contributed by atoms with E-state index in [1.54, 1.807) is 0 Å². The second-order valence-corrected chi connectivity index (χ2v) is 6.59. The van der Waals surface area contributed by atoms with Crippen molar-refractivity contribution in [2.24, 2.45) is 5.92 Å². The van der Waals surface area contributed by atoms with Crippen molar-refractivity contribution in [1.29, 1.82) is 0 Å². The fourth-order valence-electron chi connectivity index (χ4n) is 1.56. The van der Waals surface area contributed by atoms with Crippen LogP contribution in [0.4, 0.5) is 0 Å². The molecule has 0 spiro atoms. The minimum absolute atomic E-state index is 0.637. The highest BCUT2D eigenvalue weighted by atomic mass is 32.2. The SMILES string of the molecule is CSCCCNC(=S)N(CCN(C)C)CC(C)C. The molecule has 0 saturated heterocycles. The molecule has 0 heterocycles. The fraction of sp³-hybridized carbons (Fsp3) is 0.923. The van der Waals surface area contributed by atoms with E-state index in [1.165, 1.54) is 12.2 Å². The predicted octanol–water partition coefficient (Wildman–Crippen LogP) is 2.13. The maximum atomic E-state index is 5.48. The molecule has 0 aliphatic heterocycles. The van der Waals surface area contributed by atoms with Crippen molar-refractivity contribution in [3.63, 3.8) is 0 Å². The first kappa shape index (κ1) is 18.0. The molecule has 108 valence electrons. The normalized spacial score (nSPS) is 11.1. The molecule has 1 N–H and O–H groups in total. The van der Waals surface area contributed by atoms with Crippen LogP contribution in [0, 0.1) is 5.92 Å². The molecule has 0 atom stereocenters. The lowest BCUT2D eigenvalue weighted by Crippen LogP contribution is -2.44. The van der Waals surface area contributed by atoms with Gasteiger partial charge in [0.2, 0.25) is 0 Å². The highest BCUT2D eigenvalue weighted by Crippen LogP contribution is 2.00. The van der Waals surface area contributed by atoms with Crippen molar-refractivity contribution in [1.82, 2.24) is 15.1 Å². The van der Waals surface area contributed by atoms with Crippen molar-refractivity contribution < 1.29 is 0 Å². The Labute approximate surface area is 123 Å². The minimum atomic E-state index is 0.637. The van der Waals surface area contributed by atoms with Gasteiger partial charge in [-0.1, -0.05) is 13.8 Å². The second kappa shape index (κ2) is 10.9. The third-order valence-corrected chi connectivity index (χ3v) is 3.59. The number of likely N-dealkylation sites (N-methyl/N-ethyl adjacent to an activating group) is 1. The zero-order chi connectivity index (χ0) is 14.0. The number of hydrogen-bond donors (Lipinski definition) is 1. The van der Waals surface area contributed by atoms with E-state index in [-0.39, 0.29) is 0 Å². The highest BCUT2D eigenvalue weighted by Gasteiger charge is 2.11. The summed E-state index contributed by atoms with van der Waals surface area (Å²) >= 11 is 7.37. The van der Waals surface area contributed by atoms with Crippen LogP contribution in [0.25, 0.3) is 0 Å². The number of rotatable bonds is 9. The Kier molecular flexibility index (Phi) is 10.9. The third kappa shape index (κ3) is 9.97. The average molecular weight is 292 g/mol. The Bertz CT molecular complexity index is 220. The second-order valence-electron chi connectivity index (χ2n) is 5.22. The van der Waals surface area contributed by atoms with Crippen molar-refractivity contribution in [3.05, 3.63) is 0 Å². The van der Waals surface area contributed by atoms with Crippen LogP contribution in [0.5, 0.6) is 0 Å². The number of hydrogen-bond acceptors (Lipinski definition) is 3. The molecule has 0 bridgehead atoms. The number of thioether (sulfide) groups is 1. The first-order valence-corrected chi connectivity index (χ1v) is 8.44. The van der Waals surface area contributed by atoms with Gasteiger partial charge in [0.1, 0.15) is 0 Å². The van der Waals surface area contributed by atoms with Crippen LogP contribution in [0.15, 0.2) is 0 Å². The van der Waals surface area contributed by atoms with Crippen LogP contribution < -0.4 is 5.32 Å². The van der Waals surface area contributed by atoms with Gasteiger partial charge in [-0.3, -0.25) is 0 Å². The van der Waals surface area contributed by atoms with Gasteiger partial charge >= 0.3 is 0 Å². The van der Waals surface area contributed by atoms with E-state index < -0.39 is 0 Å². The Morgan fingerprint density at radius 1 is 1.28 bits per heavy atom. The minimum Gasteiger partial charge on any atom is -0.363 e. The number of nitrogens with one attached hydrogen (secondary N) is 1. The topological polar surface area (TPSA) is 18.5 Å². The molecule has 0 aromatic rings. The maximum absolute atomic E-state index is 5.48. The van der Waals surface area contributed by atoms with E-state index in [1.807, 2.05) is 11.8 Å². The third-order valence-electron chi connectivity index (χ3n) is 2.49. The molecule has 0 unspecified atom stereocenters. The van der Waals surface area contributed by atoms with E-state index >= 15 is 0 Å². The molecule has 0 aliphatic carbocycles. The summed E-state index contributed by atoms with van der Waals surface area (Å²) < 4.78 is 0. The van der Waals surface area contributed by atoms with Gasteiger partial charge in [-0.05, 0) is 50.7 Å². The molecule has 0 aromatic heterocycles. The van der Waals surface area contributed by atoms with E-state index in [0.29, 0.717) is 5.92 Å².